The van der Waals surface area contributed by atoms with Crippen molar-refractivity contribution in [3.8, 4) is 0 Å². The predicted octanol–water partition coefficient (Wildman–Crippen LogP) is 3.94. The zero-order valence-corrected chi connectivity index (χ0v) is 13.8. The van der Waals surface area contributed by atoms with Gasteiger partial charge in [-0.2, -0.15) is 0 Å². The lowest BCUT2D eigenvalue weighted by Gasteiger charge is -2.14. The molecule has 2 aromatic rings. The van der Waals surface area contributed by atoms with E-state index in [2.05, 4.69) is 36.4 Å². The van der Waals surface area contributed by atoms with Crippen molar-refractivity contribution in [2.75, 3.05) is 11.9 Å². The van der Waals surface area contributed by atoms with Crippen molar-refractivity contribution in [1.29, 1.82) is 0 Å². The molecule has 0 aliphatic carbocycles. The van der Waals surface area contributed by atoms with Crippen LogP contribution < -0.4 is 10.6 Å². The maximum Gasteiger partial charge on any atom is 0.321 e. The van der Waals surface area contributed by atoms with E-state index < -0.39 is 0 Å². The molecule has 0 saturated heterocycles. The van der Waals surface area contributed by atoms with Gasteiger partial charge in [0.25, 0.3) is 0 Å². The van der Waals surface area contributed by atoms with Gasteiger partial charge in [0.15, 0.2) is 5.13 Å². The fourth-order valence-electron chi connectivity index (χ4n) is 1.79. The minimum absolute atomic E-state index is 0.0323. The molecule has 4 nitrogen and oxygen atoms in total. The highest BCUT2D eigenvalue weighted by molar-refractivity contribution is 7.13. The Kier molecular flexibility index (Phi) is 5.13. The van der Waals surface area contributed by atoms with Crippen molar-refractivity contribution in [2.45, 2.75) is 32.6 Å². The van der Waals surface area contributed by atoms with Crippen LogP contribution >= 0.6 is 11.3 Å². The number of thiazole rings is 1. The summed E-state index contributed by atoms with van der Waals surface area (Å²) in [6.45, 7) is 6.72. The van der Waals surface area contributed by atoms with Crippen LogP contribution in [0.25, 0.3) is 0 Å². The van der Waals surface area contributed by atoms with E-state index in [0.717, 1.165) is 11.3 Å². The number of nitrogens with one attached hydrogen (secondary N) is 2. The molecule has 2 rings (SSSR count). The van der Waals surface area contributed by atoms with E-state index in [4.69, 9.17) is 0 Å². The van der Waals surface area contributed by atoms with Crippen LogP contribution in [0.2, 0.25) is 0 Å². The molecule has 1 heterocycles. The number of halogens is 1. The second-order valence-corrected chi connectivity index (χ2v) is 6.90. The zero-order chi connectivity index (χ0) is 16.2. The number of anilines is 1. The Morgan fingerprint density at radius 1 is 1.27 bits per heavy atom. The van der Waals surface area contributed by atoms with E-state index in [-0.39, 0.29) is 17.3 Å². The van der Waals surface area contributed by atoms with Crippen molar-refractivity contribution in [3.05, 3.63) is 46.7 Å². The Morgan fingerprint density at radius 3 is 2.55 bits per heavy atom. The first-order valence-corrected chi connectivity index (χ1v) is 7.98. The van der Waals surface area contributed by atoms with E-state index in [1.165, 1.54) is 23.5 Å². The summed E-state index contributed by atoms with van der Waals surface area (Å²) in [4.78, 5) is 16.2. The van der Waals surface area contributed by atoms with Gasteiger partial charge in [0.1, 0.15) is 5.82 Å². The molecule has 0 atom stereocenters. The van der Waals surface area contributed by atoms with Gasteiger partial charge in [0.05, 0.1) is 5.69 Å². The van der Waals surface area contributed by atoms with Crippen LogP contribution in [0.3, 0.4) is 0 Å². The van der Waals surface area contributed by atoms with Crippen molar-refractivity contribution >= 4 is 22.5 Å². The summed E-state index contributed by atoms with van der Waals surface area (Å²) < 4.78 is 12.8. The lowest BCUT2D eigenvalue weighted by Crippen LogP contribution is -2.30. The maximum absolute atomic E-state index is 12.8. The van der Waals surface area contributed by atoms with Crippen molar-refractivity contribution in [3.63, 3.8) is 0 Å². The number of rotatable bonds is 4. The van der Waals surface area contributed by atoms with Gasteiger partial charge in [-0.3, -0.25) is 5.32 Å². The van der Waals surface area contributed by atoms with Crippen molar-refractivity contribution in [2.24, 2.45) is 0 Å². The fraction of sp³-hybridized carbons (Fsp3) is 0.375. The summed E-state index contributed by atoms with van der Waals surface area (Å²) in [5.74, 6) is -0.257. The van der Waals surface area contributed by atoms with Crippen molar-refractivity contribution < 1.29 is 9.18 Å². The van der Waals surface area contributed by atoms with Crippen molar-refractivity contribution in [1.82, 2.24) is 10.3 Å². The Labute approximate surface area is 133 Å². The molecule has 0 saturated carbocycles. The van der Waals surface area contributed by atoms with Crippen LogP contribution in [0.1, 0.15) is 32.0 Å². The molecule has 0 bridgehead atoms. The first-order valence-electron chi connectivity index (χ1n) is 7.10. The maximum atomic E-state index is 12.8. The highest BCUT2D eigenvalue weighted by Gasteiger charge is 2.17. The molecule has 22 heavy (non-hydrogen) atoms. The zero-order valence-electron chi connectivity index (χ0n) is 12.9. The second-order valence-electron chi connectivity index (χ2n) is 6.05. The van der Waals surface area contributed by atoms with E-state index in [0.29, 0.717) is 18.1 Å². The van der Waals surface area contributed by atoms with E-state index >= 15 is 0 Å². The molecule has 2 amide bonds. The molecule has 2 N–H and O–H groups in total. The number of aromatic nitrogens is 1. The number of carbonyl (C=O) groups is 1. The van der Waals surface area contributed by atoms with Gasteiger partial charge >= 0.3 is 6.03 Å². The van der Waals surface area contributed by atoms with Gasteiger partial charge in [-0.05, 0) is 24.1 Å². The number of amides is 2. The summed E-state index contributed by atoms with van der Waals surface area (Å²) in [5, 5.41) is 8.03. The Hall–Kier alpha value is -1.95. The molecule has 0 unspecified atom stereocenters. The van der Waals surface area contributed by atoms with Gasteiger partial charge in [0, 0.05) is 17.3 Å². The summed E-state index contributed by atoms with van der Waals surface area (Å²) in [6, 6.07) is 5.98. The number of urea groups is 1. The topological polar surface area (TPSA) is 54.0 Å². The largest absolute Gasteiger partial charge is 0.337 e. The smallest absolute Gasteiger partial charge is 0.321 e. The molecule has 1 aromatic heterocycles. The Bertz CT molecular complexity index is 632. The summed E-state index contributed by atoms with van der Waals surface area (Å²) in [7, 11) is 0. The van der Waals surface area contributed by atoms with E-state index in [9.17, 15) is 9.18 Å². The molecular formula is C16H20FN3OS. The van der Waals surface area contributed by atoms with E-state index in [1.54, 1.807) is 12.1 Å². The molecule has 118 valence electrons. The quantitative estimate of drug-likeness (QED) is 0.896. The first-order chi connectivity index (χ1) is 10.3. The molecule has 1 aromatic carbocycles. The highest BCUT2D eigenvalue weighted by atomic mass is 32.1. The van der Waals surface area contributed by atoms with Crippen LogP contribution in [-0.2, 0) is 11.8 Å². The Balaban J connectivity index is 1.78. The molecule has 0 spiro atoms. The van der Waals surface area contributed by atoms with Crippen LogP contribution in [-0.4, -0.2) is 17.6 Å². The highest BCUT2D eigenvalue weighted by Crippen LogP contribution is 2.26. The average molecular weight is 321 g/mol. The first kappa shape index (κ1) is 16.4. The SMILES string of the molecule is CC(C)(C)c1csc(NC(=O)NCCc2ccc(F)cc2)n1. The third-order valence-electron chi connectivity index (χ3n) is 3.11. The summed E-state index contributed by atoms with van der Waals surface area (Å²) >= 11 is 1.41. The average Bonchev–Trinajstić information content (AvgIpc) is 2.89. The molecule has 0 aliphatic rings. The molecule has 6 heteroatoms. The van der Waals surface area contributed by atoms with Gasteiger partial charge < -0.3 is 5.32 Å². The van der Waals surface area contributed by atoms with Gasteiger partial charge in [-0.15, -0.1) is 11.3 Å². The standard InChI is InChI=1S/C16H20FN3OS/c1-16(2,3)13-10-22-15(19-13)20-14(21)18-9-8-11-4-6-12(17)7-5-11/h4-7,10H,8-9H2,1-3H3,(H2,18,19,20,21). The molecule has 0 aliphatic heterocycles. The number of hydrogen-bond donors (Lipinski definition) is 2. The molecule has 0 radical (unpaired) electrons. The van der Waals surface area contributed by atoms with Crippen LogP contribution in [0.5, 0.6) is 0 Å². The summed E-state index contributed by atoms with van der Waals surface area (Å²) in [5.41, 5.74) is 1.90. The molecular weight excluding hydrogens is 301 g/mol. The second kappa shape index (κ2) is 6.87. The number of carbonyl (C=O) groups excluding carboxylic acids is 1. The Morgan fingerprint density at radius 2 is 1.95 bits per heavy atom. The molecule has 0 fully saturated rings. The minimum Gasteiger partial charge on any atom is -0.337 e. The van der Waals surface area contributed by atoms with Gasteiger partial charge in [-0.1, -0.05) is 32.9 Å². The summed E-state index contributed by atoms with van der Waals surface area (Å²) in [6.07, 6.45) is 0.652. The minimum atomic E-state index is -0.281. The van der Waals surface area contributed by atoms with Crippen LogP contribution in [0, 0.1) is 5.82 Å². The normalized spacial score (nSPS) is 11.3. The lowest BCUT2D eigenvalue weighted by molar-refractivity contribution is 0.252. The number of benzene rings is 1. The number of nitrogens with zero attached hydrogens (tertiary/aromatic N) is 1. The van der Waals surface area contributed by atoms with Gasteiger partial charge in [0.2, 0.25) is 0 Å². The van der Waals surface area contributed by atoms with E-state index in [1.807, 2.05) is 5.38 Å². The van der Waals surface area contributed by atoms with Crippen LogP contribution in [0.4, 0.5) is 14.3 Å². The third kappa shape index (κ3) is 4.80. The lowest BCUT2D eigenvalue weighted by atomic mass is 9.93. The predicted molar refractivity (Wildman–Crippen MR) is 87.9 cm³/mol. The third-order valence-corrected chi connectivity index (χ3v) is 3.86. The van der Waals surface area contributed by atoms with Gasteiger partial charge in [-0.25, -0.2) is 14.2 Å². The van der Waals surface area contributed by atoms with Crippen LogP contribution in [0.15, 0.2) is 29.6 Å². The number of hydrogen-bond acceptors (Lipinski definition) is 3. The monoisotopic (exact) mass is 321 g/mol. The fourth-order valence-corrected chi connectivity index (χ4v) is 2.72.